The standard InChI is InChI=1S/C30H31N5O7S/c1-18-25(17-43-30-32-33-34-35(30)23-9-11-24(37)12-10-23)41-29(42-28(18)20-7-5-19(16-36)6-8-20)21-3-2-4-22(15-21)31-26(38)13-14-27(39)40/h2-12,15,18,25,28-29,36-37H,13-14,16-17H2,1H3,(H,31,38)(H,39,40)/t18-,25+,28+,29+/m0/s1. The molecule has 4 atom stereocenters. The molecular formula is C30H31N5O7S. The summed E-state index contributed by atoms with van der Waals surface area (Å²) < 4.78 is 14.6. The van der Waals surface area contributed by atoms with Crippen LogP contribution in [0.3, 0.4) is 0 Å². The smallest absolute Gasteiger partial charge is 0.303 e. The second-order valence-corrected chi connectivity index (χ2v) is 11.1. The van der Waals surface area contributed by atoms with Gasteiger partial charge in [-0.25, -0.2) is 0 Å². The molecule has 0 spiro atoms. The Morgan fingerprint density at radius 2 is 1.77 bits per heavy atom. The number of carboxylic acid groups (broad SMARTS) is 1. The number of ether oxygens (including phenoxy) is 2. The van der Waals surface area contributed by atoms with Crippen molar-refractivity contribution >= 4 is 29.3 Å². The Morgan fingerprint density at radius 3 is 2.49 bits per heavy atom. The number of carboxylic acids is 1. The summed E-state index contributed by atoms with van der Waals surface area (Å²) in [7, 11) is 0. The number of amides is 1. The number of aromatic nitrogens is 4. The molecule has 3 aromatic carbocycles. The Balaban J connectivity index is 1.37. The number of hydrogen-bond acceptors (Lipinski definition) is 10. The van der Waals surface area contributed by atoms with Gasteiger partial charge in [-0.3, -0.25) is 9.59 Å². The fourth-order valence-corrected chi connectivity index (χ4v) is 5.75. The van der Waals surface area contributed by atoms with Crippen LogP contribution in [-0.4, -0.2) is 59.3 Å². The van der Waals surface area contributed by atoms with Crippen molar-refractivity contribution in [2.24, 2.45) is 5.92 Å². The highest BCUT2D eigenvalue weighted by atomic mass is 32.2. The van der Waals surface area contributed by atoms with Crippen LogP contribution in [0.2, 0.25) is 0 Å². The summed E-state index contributed by atoms with van der Waals surface area (Å²) in [6.45, 7) is 1.99. The van der Waals surface area contributed by atoms with Crippen molar-refractivity contribution in [2.75, 3.05) is 11.1 Å². The second-order valence-electron chi connectivity index (χ2n) is 10.1. The van der Waals surface area contributed by atoms with E-state index in [1.54, 1.807) is 47.1 Å². The molecular weight excluding hydrogens is 574 g/mol. The number of phenols is 1. The van der Waals surface area contributed by atoms with E-state index >= 15 is 0 Å². The maximum atomic E-state index is 12.2. The molecule has 0 saturated carbocycles. The third kappa shape index (κ3) is 7.56. The molecule has 0 radical (unpaired) electrons. The van der Waals surface area contributed by atoms with Gasteiger partial charge in [0.25, 0.3) is 0 Å². The van der Waals surface area contributed by atoms with Crippen LogP contribution in [0.4, 0.5) is 5.69 Å². The fourth-order valence-electron chi connectivity index (χ4n) is 4.70. The molecule has 1 aromatic heterocycles. The largest absolute Gasteiger partial charge is 0.508 e. The molecule has 12 nitrogen and oxygen atoms in total. The van der Waals surface area contributed by atoms with Gasteiger partial charge in [-0.2, -0.15) is 4.68 Å². The Bertz CT molecular complexity index is 1550. The van der Waals surface area contributed by atoms with Crippen molar-refractivity contribution in [1.29, 1.82) is 0 Å². The highest BCUT2D eigenvalue weighted by molar-refractivity contribution is 7.99. The molecule has 0 unspecified atom stereocenters. The predicted octanol–water partition coefficient (Wildman–Crippen LogP) is 4.25. The van der Waals surface area contributed by atoms with Gasteiger partial charge >= 0.3 is 5.97 Å². The van der Waals surface area contributed by atoms with Gasteiger partial charge in [-0.1, -0.05) is 55.1 Å². The van der Waals surface area contributed by atoms with Crippen LogP contribution < -0.4 is 5.32 Å². The first-order valence-electron chi connectivity index (χ1n) is 13.6. The summed E-state index contributed by atoms with van der Waals surface area (Å²) in [4.78, 5) is 23.1. The third-order valence-electron chi connectivity index (χ3n) is 7.04. The lowest BCUT2D eigenvalue weighted by atomic mass is 9.91. The number of nitrogens with zero attached hydrogens (tertiary/aromatic N) is 4. The Hall–Kier alpha value is -4.30. The number of aromatic hydroxyl groups is 1. The number of rotatable bonds is 11. The Morgan fingerprint density at radius 1 is 1.00 bits per heavy atom. The van der Waals surface area contributed by atoms with E-state index in [1.807, 2.05) is 37.3 Å². The van der Waals surface area contributed by atoms with Crippen LogP contribution in [0, 0.1) is 5.92 Å². The van der Waals surface area contributed by atoms with E-state index in [9.17, 15) is 19.8 Å². The van der Waals surface area contributed by atoms with E-state index in [0.717, 1.165) is 11.1 Å². The van der Waals surface area contributed by atoms with E-state index in [2.05, 4.69) is 20.8 Å². The zero-order chi connectivity index (χ0) is 30.3. The van der Waals surface area contributed by atoms with Crippen molar-refractivity contribution in [3.8, 4) is 11.4 Å². The van der Waals surface area contributed by atoms with Gasteiger partial charge in [0.05, 0.1) is 30.9 Å². The van der Waals surface area contributed by atoms with Crippen molar-refractivity contribution < 1.29 is 34.4 Å². The van der Waals surface area contributed by atoms with Crippen molar-refractivity contribution in [2.45, 2.75) is 50.0 Å². The maximum Gasteiger partial charge on any atom is 0.303 e. The van der Waals surface area contributed by atoms with Gasteiger partial charge in [0.1, 0.15) is 5.75 Å². The molecule has 5 rings (SSSR count). The molecule has 1 saturated heterocycles. The average molecular weight is 606 g/mol. The highest BCUT2D eigenvalue weighted by Gasteiger charge is 2.38. The monoisotopic (exact) mass is 605 g/mol. The number of tetrazole rings is 1. The van der Waals surface area contributed by atoms with Crippen LogP contribution in [0.15, 0.2) is 78.0 Å². The SMILES string of the molecule is C[C@H]1[C@@H](CSc2nnnn2-c2ccc(O)cc2)O[C@@H](c2cccc(NC(=O)CCC(=O)O)c2)O[C@H]1c1ccc(CO)cc1. The van der Waals surface area contributed by atoms with Gasteiger partial charge in [-0.05, 0) is 58.0 Å². The normalized spacial score (nSPS) is 20.0. The number of aliphatic hydroxyl groups excluding tert-OH is 1. The zero-order valence-corrected chi connectivity index (χ0v) is 24.1. The number of aliphatic carboxylic acids is 1. The fraction of sp³-hybridized carbons (Fsp3) is 0.300. The van der Waals surface area contributed by atoms with Gasteiger partial charge < -0.3 is 30.1 Å². The minimum atomic E-state index is -1.04. The molecule has 4 N–H and O–H groups in total. The number of carbonyl (C=O) groups is 2. The first-order valence-corrected chi connectivity index (χ1v) is 14.6. The second kappa shape index (κ2) is 13.8. The van der Waals surface area contributed by atoms with E-state index in [0.29, 0.717) is 27.8 Å². The highest BCUT2D eigenvalue weighted by Crippen LogP contribution is 2.43. The van der Waals surface area contributed by atoms with Crippen molar-refractivity contribution in [1.82, 2.24) is 20.2 Å². The number of nitrogens with one attached hydrogen (secondary N) is 1. The van der Waals surface area contributed by atoms with E-state index in [1.165, 1.54) is 11.8 Å². The van der Waals surface area contributed by atoms with Crippen LogP contribution in [0.25, 0.3) is 5.69 Å². The summed E-state index contributed by atoms with van der Waals surface area (Å²) >= 11 is 1.43. The predicted molar refractivity (Wildman–Crippen MR) is 156 cm³/mol. The molecule has 43 heavy (non-hydrogen) atoms. The lowest BCUT2D eigenvalue weighted by Gasteiger charge is -2.41. The maximum absolute atomic E-state index is 12.2. The van der Waals surface area contributed by atoms with Crippen molar-refractivity contribution in [3.63, 3.8) is 0 Å². The summed E-state index contributed by atoms with van der Waals surface area (Å²) in [6, 6.07) is 21.2. The molecule has 0 aliphatic carbocycles. The molecule has 1 amide bonds. The molecule has 2 heterocycles. The average Bonchev–Trinajstić information content (AvgIpc) is 3.49. The van der Waals surface area contributed by atoms with Gasteiger partial charge in [0, 0.05) is 29.3 Å². The van der Waals surface area contributed by atoms with E-state index in [4.69, 9.17) is 14.6 Å². The molecule has 1 fully saturated rings. The number of hydrogen-bond donors (Lipinski definition) is 4. The lowest BCUT2D eigenvalue weighted by molar-refractivity contribution is -0.268. The quantitative estimate of drug-likeness (QED) is 0.180. The van der Waals surface area contributed by atoms with E-state index < -0.39 is 18.2 Å². The summed E-state index contributed by atoms with van der Waals surface area (Å²) in [5, 5.41) is 43.4. The number of benzene rings is 3. The first-order chi connectivity index (χ1) is 20.8. The van der Waals surface area contributed by atoms with Gasteiger partial charge in [0.15, 0.2) is 6.29 Å². The summed E-state index contributed by atoms with van der Waals surface area (Å²) in [5.41, 5.74) is 3.61. The van der Waals surface area contributed by atoms with E-state index in [-0.39, 0.29) is 43.3 Å². The Labute approximate surface area is 251 Å². The summed E-state index contributed by atoms with van der Waals surface area (Å²) in [5.74, 6) is -0.887. The number of anilines is 1. The first kappa shape index (κ1) is 30.2. The number of aliphatic hydroxyl groups is 1. The van der Waals surface area contributed by atoms with Crippen LogP contribution in [-0.2, 0) is 25.7 Å². The minimum Gasteiger partial charge on any atom is -0.508 e. The molecule has 1 aliphatic rings. The molecule has 224 valence electrons. The van der Waals surface area contributed by atoms with Crippen LogP contribution in [0.1, 0.15) is 48.8 Å². The number of thioether (sulfide) groups is 1. The topological polar surface area (TPSA) is 169 Å². The summed E-state index contributed by atoms with van der Waals surface area (Å²) in [6.07, 6.45) is -1.82. The van der Waals surface area contributed by atoms with Gasteiger partial charge in [0.2, 0.25) is 11.1 Å². The zero-order valence-electron chi connectivity index (χ0n) is 23.2. The third-order valence-corrected chi connectivity index (χ3v) is 8.05. The molecule has 1 aliphatic heterocycles. The van der Waals surface area contributed by atoms with Crippen molar-refractivity contribution in [3.05, 3.63) is 89.5 Å². The lowest BCUT2D eigenvalue weighted by Crippen LogP contribution is -2.38. The minimum absolute atomic E-state index is 0.0624. The number of phenolic OH excluding ortho intramolecular Hbond substituents is 1. The molecule has 4 aromatic rings. The van der Waals surface area contributed by atoms with Crippen LogP contribution >= 0.6 is 11.8 Å². The molecule has 13 heteroatoms. The van der Waals surface area contributed by atoms with Crippen LogP contribution in [0.5, 0.6) is 5.75 Å². The number of carbonyl (C=O) groups excluding carboxylic acids is 1. The molecule has 0 bridgehead atoms. The Kier molecular flexibility index (Phi) is 9.67. The van der Waals surface area contributed by atoms with Gasteiger partial charge in [-0.15, -0.1) is 5.10 Å².